The van der Waals surface area contributed by atoms with Gasteiger partial charge in [0.1, 0.15) is 0 Å². The van der Waals surface area contributed by atoms with Gasteiger partial charge >= 0.3 is 0 Å². The molecule has 4 aromatic rings. The Bertz CT molecular complexity index is 1310. The average molecular weight is 474 g/mol. The molecule has 2 amide bonds. The molecule has 10 heteroatoms. The summed E-state index contributed by atoms with van der Waals surface area (Å²) < 4.78 is 5.63. The number of anilines is 2. The Labute approximate surface area is 199 Å². The van der Waals surface area contributed by atoms with E-state index >= 15 is 0 Å². The number of nitrogens with zero attached hydrogens (tertiary/aromatic N) is 3. The van der Waals surface area contributed by atoms with E-state index in [2.05, 4.69) is 25.8 Å². The number of aromatic nitrogens is 3. The molecule has 0 spiro atoms. The van der Waals surface area contributed by atoms with Crippen LogP contribution in [-0.4, -0.2) is 38.5 Å². The zero-order valence-corrected chi connectivity index (χ0v) is 18.8. The quantitative estimate of drug-likeness (QED) is 0.286. The molecule has 170 valence electrons. The molecular formula is C24H19N5O4S. The monoisotopic (exact) mass is 473 g/mol. The van der Waals surface area contributed by atoms with E-state index in [9.17, 15) is 14.4 Å². The number of carbonyl (C=O) groups is 3. The van der Waals surface area contributed by atoms with Gasteiger partial charge in [0, 0.05) is 34.9 Å². The van der Waals surface area contributed by atoms with Crippen molar-refractivity contribution in [1.82, 2.24) is 15.2 Å². The first-order valence-electron chi connectivity index (χ1n) is 10.2. The van der Waals surface area contributed by atoms with Crippen LogP contribution < -0.4 is 10.6 Å². The molecule has 2 aromatic heterocycles. The summed E-state index contributed by atoms with van der Waals surface area (Å²) in [4.78, 5) is 39.7. The number of thioether (sulfide) groups is 1. The standard InChI is InChI=1S/C24H19N5O4S/c1-15(30)16-4-8-19(9-5-16)26-21(31)14-34-24-29-28-23(33-24)17-6-10-20(11-7-17)27-22(32)18-3-2-12-25-13-18/h2-13H,14H2,1H3,(H,26,31)(H,27,32). The molecule has 2 heterocycles. The van der Waals surface area contributed by atoms with Crippen LogP contribution in [0.15, 0.2) is 82.7 Å². The molecule has 0 radical (unpaired) electrons. The molecule has 2 aromatic carbocycles. The van der Waals surface area contributed by atoms with Crippen LogP contribution >= 0.6 is 11.8 Å². The lowest BCUT2D eigenvalue weighted by Crippen LogP contribution is -2.14. The summed E-state index contributed by atoms with van der Waals surface area (Å²) in [5, 5.41) is 13.8. The number of hydrogen-bond donors (Lipinski definition) is 2. The molecule has 0 aliphatic carbocycles. The highest BCUT2D eigenvalue weighted by Gasteiger charge is 2.12. The second kappa shape index (κ2) is 10.5. The summed E-state index contributed by atoms with van der Waals surface area (Å²) in [5.74, 6) is -0.160. The van der Waals surface area contributed by atoms with E-state index in [-0.39, 0.29) is 28.6 Å². The van der Waals surface area contributed by atoms with Crippen LogP contribution in [0, 0.1) is 0 Å². The Morgan fingerprint density at radius 3 is 2.26 bits per heavy atom. The summed E-state index contributed by atoms with van der Waals surface area (Å²) in [6.07, 6.45) is 3.09. The fourth-order valence-electron chi connectivity index (χ4n) is 2.89. The summed E-state index contributed by atoms with van der Waals surface area (Å²) in [7, 11) is 0. The van der Waals surface area contributed by atoms with Crippen molar-refractivity contribution in [3.63, 3.8) is 0 Å². The number of rotatable bonds is 8. The first-order chi connectivity index (χ1) is 16.5. The second-order valence-electron chi connectivity index (χ2n) is 7.12. The van der Waals surface area contributed by atoms with Crippen LogP contribution in [0.5, 0.6) is 0 Å². The van der Waals surface area contributed by atoms with Gasteiger partial charge < -0.3 is 15.1 Å². The van der Waals surface area contributed by atoms with Gasteiger partial charge in [-0.05, 0) is 67.6 Å². The van der Waals surface area contributed by atoms with Crippen LogP contribution in [0.1, 0.15) is 27.6 Å². The lowest BCUT2D eigenvalue weighted by molar-refractivity contribution is -0.113. The number of amides is 2. The van der Waals surface area contributed by atoms with Crippen molar-refractivity contribution in [1.29, 1.82) is 0 Å². The van der Waals surface area contributed by atoms with E-state index in [0.29, 0.717) is 34.0 Å². The Hall–Kier alpha value is -4.31. The van der Waals surface area contributed by atoms with Crippen molar-refractivity contribution < 1.29 is 18.8 Å². The number of nitrogens with one attached hydrogen (secondary N) is 2. The normalized spacial score (nSPS) is 10.5. The highest BCUT2D eigenvalue weighted by atomic mass is 32.2. The van der Waals surface area contributed by atoms with Crippen LogP contribution in [0.2, 0.25) is 0 Å². The van der Waals surface area contributed by atoms with Gasteiger partial charge in [0.15, 0.2) is 5.78 Å². The lowest BCUT2D eigenvalue weighted by Gasteiger charge is -2.05. The molecule has 9 nitrogen and oxygen atoms in total. The molecular weight excluding hydrogens is 454 g/mol. The van der Waals surface area contributed by atoms with Crippen molar-refractivity contribution in [2.45, 2.75) is 12.1 Å². The van der Waals surface area contributed by atoms with Gasteiger partial charge in [0.05, 0.1) is 11.3 Å². The topological polar surface area (TPSA) is 127 Å². The van der Waals surface area contributed by atoms with Crippen molar-refractivity contribution in [3.8, 4) is 11.5 Å². The predicted molar refractivity (Wildman–Crippen MR) is 128 cm³/mol. The molecule has 0 saturated carbocycles. The summed E-state index contributed by atoms with van der Waals surface area (Å²) in [5.41, 5.74) is 2.92. The van der Waals surface area contributed by atoms with Gasteiger partial charge in [0.2, 0.25) is 11.8 Å². The Morgan fingerprint density at radius 2 is 1.59 bits per heavy atom. The lowest BCUT2D eigenvalue weighted by atomic mass is 10.1. The predicted octanol–water partition coefficient (Wildman–Crippen LogP) is 4.32. The minimum Gasteiger partial charge on any atom is -0.411 e. The minimum absolute atomic E-state index is 0.0373. The van der Waals surface area contributed by atoms with E-state index < -0.39 is 0 Å². The molecule has 0 atom stereocenters. The first kappa shape index (κ1) is 22.9. The van der Waals surface area contributed by atoms with Crippen molar-refractivity contribution in [2.75, 3.05) is 16.4 Å². The molecule has 0 aliphatic heterocycles. The zero-order valence-electron chi connectivity index (χ0n) is 18.0. The summed E-state index contributed by atoms with van der Waals surface area (Å²) in [6, 6.07) is 17.0. The maximum Gasteiger partial charge on any atom is 0.277 e. The van der Waals surface area contributed by atoms with Gasteiger partial charge in [-0.25, -0.2) is 0 Å². The molecule has 4 rings (SSSR count). The third-order valence-electron chi connectivity index (χ3n) is 4.62. The van der Waals surface area contributed by atoms with Crippen molar-refractivity contribution in [3.05, 3.63) is 84.2 Å². The van der Waals surface area contributed by atoms with E-state index in [1.807, 2.05) is 0 Å². The fourth-order valence-corrected chi connectivity index (χ4v) is 3.46. The number of carbonyl (C=O) groups excluding carboxylic acids is 3. The summed E-state index contributed by atoms with van der Waals surface area (Å²) >= 11 is 1.11. The number of pyridine rings is 1. The number of benzene rings is 2. The molecule has 0 saturated heterocycles. The Kier molecular flexibility index (Phi) is 7.09. The van der Waals surface area contributed by atoms with E-state index in [0.717, 1.165) is 11.8 Å². The van der Waals surface area contributed by atoms with Gasteiger partial charge in [-0.2, -0.15) is 0 Å². The largest absolute Gasteiger partial charge is 0.411 e. The average Bonchev–Trinajstić information content (AvgIpc) is 3.33. The molecule has 0 bridgehead atoms. The first-order valence-corrected chi connectivity index (χ1v) is 11.2. The van der Waals surface area contributed by atoms with Crippen LogP contribution in [0.3, 0.4) is 0 Å². The van der Waals surface area contributed by atoms with E-state index in [1.54, 1.807) is 66.9 Å². The Balaban J connectivity index is 1.30. The van der Waals surface area contributed by atoms with Crippen LogP contribution in [-0.2, 0) is 4.79 Å². The third kappa shape index (κ3) is 5.93. The number of Topliss-reactive ketones (excluding diaryl/α,β-unsaturated/α-hetero) is 1. The van der Waals surface area contributed by atoms with Gasteiger partial charge in [-0.15, -0.1) is 10.2 Å². The maximum atomic E-state index is 12.2. The summed E-state index contributed by atoms with van der Waals surface area (Å²) in [6.45, 7) is 1.49. The van der Waals surface area contributed by atoms with E-state index in [4.69, 9.17) is 4.42 Å². The molecule has 0 aliphatic rings. The molecule has 2 N–H and O–H groups in total. The molecule has 34 heavy (non-hydrogen) atoms. The van der Waals surface area contributed by atoms with Crippen LogP contribution in [0.4, 0.5) is 11.4 Å². The second-order valence-corrected chi connectivity index (χ2v) is 8.04. The Morgan fingerprint density at radius 1 is 0.882 bits per heavy atom. The van der Waals surface area contributed by atoms with Gasteiger partial charge in [-0.3, -0.25) is 19.4 Å². The van der Waals surface area contributed by atoms with Crippen molar-refractivity contribution in [2.24, 2.45) is 0 Å². The maximum absolute atomic E-state index is 12.2. The third-order valence-corrected chi connectivity index (χ3v) is 5.44. The SMILES string of the molecule is CC(=O)c1ccc(NC(=O)CSc2nnc(-c3ccc(NC(=O)c4cccnc4)cc3)o2)cc1. The van der Waals surface area contributed by atoms with E-state index in [1.165, 1.54) is 13.1 Å². The highest BCUT2D eigenvalue weighted by Crippen LogP contribution is 2.24. The number of hydrogen-bond acceptors (Lipinski definition) is 8. The van der Waals surface area contributed by atoms with Gasteiger partial charge in [0.25, 0.3) is 11.1 Å². The molecule has 0 unspecified atom stereocenters. The van der Waals surface area contributed by atoms with Gasteiger partial charge in [-0.1, -0.05) is 11.8 Å². The van der Waals surface area contributed by atoms with Crippen molar-refractivity contribution >= 4 is 40.7 Å². The molecule has 0 fully saturated rings. The minimum atomic E-state index is -0.259. The highest BCUT2D eigenvalue weighted by molar-refractivity contribution is 7.99. The fraction of sp³-hybridized carbons (Fsp3) is 0.0833. The number of ketones is 1. The zero-order chi connectivity index (χ0) is 23.9. The smallest absolute Gasteiger partial charge is 0.277 e. The van der Waals surface area contributed by atoms with Crippen LogP contribution in [0.25, 0.3) is 11.5 Å².